The fraction of sp³-hybridized carbons (Fsp3) is 0.357. The molecular weight excluding hydrogens is 210 g/mol. The van der Waals surface area contributed by atoms with Crippen LogP contribution in [0.5, 0.6) is 0 Å². The Morgan fingerprint density at radius 1 is 1.24 bits per heavy atom. The summed E-state index contributed by atoms with van der Waals surface area (Å²) in [6.45, 7) is 6.91. The molecule has 90 valence electrons. The van der Waals surface area contributed by atoms with E-state index in [4.69, 9.17) is 0 Å². The van der Waals surface area contributed by atoms with Crippen LogP contribution in [0.4, 0.5) is 0 Å². The lowest BCUT2D eigenvalue weighted by atomic mass is 10.1. The van der Waals surface area contributed by atoms with Crippen molar-refractivity contribution < 1.29 is 0 Å². The van der Waals surface area contributed by atoms with Gasteiger partial charge in [0.05, 0.1) is 12.2 Å². The zero-order valence-electron chi connectivity index (χ0n) is 10.5. The molecule has 3 heteroatoms. The minimum Gasteiger partial charge on any atom is -0.313 e. The molecule has 0 aliphatic carbocycles. The fourth-order valence-electron chi connectivity index (χ4n) is 1.85. The third-order valence-electron chi connectivity index (χ3n) is 2.69. The first-order chi connectivity index (χ1) is 8.28. The molecule has 0 atom stereocenters. The summed E-state index contributed by atoms with van der Waals surface area (Å²) in [4.78, 5) is 0. The van der Waals surface area contributed by atoms with Gasteiger partial charge >= 0.3 is 0 Å². The van der Waals surface area contributed by atoms with Crippen molar-refractivity contribution in [1.82, 2.24) is 15.1 Å². The number of rotatable bonds is 5. The molecule has 1 N–H and O–H groups in total. The second-order valence-corrected chi connectivity index (χ2v) is 4.25. The van der Waals surface area contributed by atoms with E-state index >= 15 is 0 Å². The molecule has 0 bridgehead atoms. The Bertz CT molecular complexity index is 474. The van der Waals surface area contributed by atoms with Crippen LogP contribution in [-0.4, -0.2) is 16.3 Å². The van der Waals surface area contributed by atoms with E-state index in [1.165, 1.54) is 11.1 Å². The molecule has 0 saturated heterocycles. The molecule has 17 heavy (non-hydrogen) atoms. The zero-order valence-corrected chi connectivity index (χ0v) is 10.5. The van der Waals surface area contributed by atoms with Gasteiger partial charge in [-0.2, -0.15) is 5.10 Å². The second kappa shape index (κ2) is 5.64. The van der Waals surface area contributed by atoms with Crippen LogP contribution in [0.2, 0.25) is 0 Å². The van der Waals surface area contributed by atoms with Crippen molar-refractivity contribution in [2.24, 2.45) is 0 Å². The highest BCUT2D eigenvalue weighted by molar-refractivity contribution is 5.23. The van der Waals surface area contributed by atoms with Gasteiger partial charge in [0.2, 0.25) is 0 Å². The number of benzene rings is 1. The average Bonchev–Trinajstić information content (AvgIpc) is 2.73. The molecule has 0 spiro atoms. The summed E-state index contributed by atoms with van der Waals surface area (Å²) >= 11 is 0. The number of hydrogen-bond acceptors (Lipinski definition) is 2. The van der Waals surface area contributed by atoms with Crippen molar-refractivity contribution in [3.63, 3.8) is 0 Å². The lowest BCUT2D eigenvalue weighted by Gasteiger charge is -2.06. The molecule has 0 amide bonds. The molecule has 3 nitrogen and oxygen atoms in total. The van der Waals surface area contributed by atoms with Crippen molar-refractivity contribution in [2.75, 3.05) is 6.54 Å². The van der Waals surface area contributed by atoms with Gasteiger partial charge in [-0.25, -0.2) is 0 Å². The Kier molecular flexibility index (Phi) is 3.94. The maximum Gasteiger partial charge on any atom is 0.0659 e. The lowest BCUT2D eigenvalue weighted by molar-refractivity contribution is 0.676. The van der Waals surface area contributed by atoms with Crippen LogP contribution in [0, 0.1) is 6.92 Å². The minimum atomic E-state index is 0.841. The number of nitrogens with zero attached hydrogens (tertiary/aromatic N) is 2. The molecular formula is C14H19N3. The molecule has 0 saturated carbocycles. The van der Waals surface area contributed by atoms with E-state index in [1.54, 1.807) is 0 Å². The normalized spacial score (nSPS) is 10.7. The predicted octanol–water partition coefficient (Wildman–Crippen LogP) is 2.35. The number of hydrogen-bond donors (Lipinski definition) is 1. The van der Waals surface area contributed by atoms with Crippen molar-refractivity contribution in [3.05, 3.63) is 53.3 Å². The first-order valence-corrected chi connectivity index (χ1v) is 6.06. The summed E-state index contributed by atoms with van der Waals surface area (Å²) in [7, 11) is 0. The van der Waals surface area contributed by atoms with Gasteiger partial charge in [-0.15, -0.1) is 0 Å². The fourth-order valence-corrected chi connectivity index (χ4v) is 1.85. The zero-order chi connectivity index (χ0) is 12.1. The third kappa shape index (κ3) is 3.43. The summed E-state index contributed by atoms with van der Waals surface area (Å²) in [5.74, 6) is 0. The van der Waals surface area contributed by atoms with Crippen molar-refractivity contribution >= 4 is 0 Å². The Balaban J connectivity index is 2.05. The van der Waals surface area contributed by atoms with Crippen molar-refractivity contribution in [3.8, 4) is 0 Å². The second-order valence-electron chi connectivity index (χ2n) is 4.25. The Morgan fingerprint density at radius 2 is 2.06 bits per heavy atom. The molecule has 1 aromatic heterocycles. The average molecular weight is 229 g/mol. The molecule has 1 aromatic carbocycles. The van der Waals surface area contributed by atoms with E-state index in [9.17, 15) is 0 Å². The van der Waals surface area contributed by atoms with E-state index in [-0.39, 0.29) is 0 Å². The van der Waals surface area contributed by atoms with Gasteiger partial charge in [-0.1, -0.05) is 31.2 Å². The number of aromatic nitrogens is 2. The van der Waals surface area contributed by atoms with Gasteiger partial charge < -0.3 is 5.32 Å². The van der Waals surface area contributed by atoms with Gasteiger partial charge in [0.15, 0.2) is 0 Å². The summed E-state index contributed by atoms with van der Waals surface area (Å²) in [5.41, 5.74) is 3.69. The molecule has 2 aromatic rings. The highest BCUT2D eigenvalue weighted by atomic mass is 15.3. The van der Waals surface area contributed by atoms with E-state index in [2.05, 4.69) is 41.6 Å². The van der Waals surface area contributed by atoms with Crippen LogP contribution in [0.1, 0.15) is 23.7 Å². The van der Waals surface area contributed by atoms with Crippen LogP contribution in [-0.2, 0) is 13.1 Å². The highest BCUT2D eigenvalue weighted by Crippen LogP contribution is 2.07. The molecule has 2 rings (SSSR count). The summed E-state index contributed by atoms with van der Waals surface area (Å²) in [5, 5.41) is 7.74. The predicted molar refractivity (Wildman–Crippen MR) is 69.9 cm³/mol. The van der Waals surface area contributed by atoms with Crippen molar-refractivity contribution in [2.45, 2.75) is 26.9 Å². The summed E-state index contributed by atoms with van der Waals surface area (Å²) in [6, 6.07) is 10.7. The first kappa shape index (κ1) is 11.9. The SMILES string of the molecule is CCNCc1cccc(Cn2ccc(C)n2)c1. The topological polar surface area (TPSA) is 29.9 Å². The number of nitrogens with one attached hydrogen (secondary N) is 1. The van der Waals surface area contributed by atoms with Gasteiger partial charge in [-0.3, -0.25) is 4.68 Å². The Hall–Kier alpha value is -1.61. The van der Waals surface area contributed by atoms with Gasteiger partial charge in [-0.05, 0) is 30.7 Å². The maximum atomic E-state index is 4.40. The lowest BCUT2D eigenvalue weighted by Crippen LogP contribution is -2.12. The molecule has 0 aliphatic rings. The van der Waals surface area contributed by atoms with Crippen LogP contribution < -0.4 is 5.32 Å². The summed E-state index contributed by atoms with van der Waals surface area (Å²) in [6.07, 6.45) is 2.02. The first-order valence-electron chi connectivity index (χ1n) is 6.06. The van der Waals surface area contributed by atoms with Gasteiger partial charge in [0, 0.05) is 12.7 Å². The van der Waals surface area contributed by atoms with Crippen LogP contribution in [0.3, 0.4) is 0 Å². The van der Waals surface area contributed by atoms with Gasteiger partial charge in [0.1, 0.15) is 0 Å². The third-order valence-corrected chi connectivity index (χ3v) is 2.69. The smallest absolute Gasteiger partial charge is 0.0659 e. The molecule has 1 heterocycles. The van der Waals surface area contributed by atoms with Gasteiger partial charge in [0.25, 0.3) is 0 Å². The summed E-state index contributed by atoms with van der Waals surface area (Å²) < 4.78 is 1.97. The van der Waals surface area contributed by atoms with Crippen LogP contribution in [0.25, 0.3) is 0 Å². The van der Waals surface area contributed by atoms with Crippen LogP contribution >= 0.6 is 0 Å². The molecule has 0 aliphatic heterocycles. The van der Waals surface area contributed by atoms with Crippen molar-refractivity contribution in [1.29, 1.82) is 0 Å². The van der Waals surface area contributed by atoms with E-state index in [1.807, 2.05) is 23.9 Å². The monoisotopic (exact) mass is 229 g/mol. The Labute approximate surface area is 102 Å². The van der Waals surface area contributed by atoms with E-state index < -0.39 is 0 Å². The van der Waals surface area contributed by atoms with E-state index in [0.717, 1.165) is 25.3 Å². The molecule has 0 fully saturated rings. The Morgan fingerprint density at radius 3 is 2.76 bits per heavy atom. The van der Waals surface area contributed by atoms with E-state index in [0.29, 0.717) is 0 Å². The standard InChI is InChI=1S/C14H19N3/c1-3-15-10-13-5-4-6-14(9-13)11-17-8-7-12(2)16-17/h4-9,15H,3,10-11H2,1-2H3. The minimum absolute atomic E-state index is 0.841. The molecule has 0 unspecified atom stereocenters. The quantitative estimate of drug-likeness (QED) is 0.853. The number of aryl methyl sites for hydroxylation is 1. The maximum absolute atomic E-state index is 4.40. The molecule has 0 radical (unpaired) electrons. The van der Waals surface area contributed by atoms with Crippen LogP contribution in [0.15, 0.2) is 36.5 Å². The highest BCUT2D eigenvalue weighted by Gasteiger charge is 1.98. The largest absolute Gasteiger partial charge is 0.313 e.